The van der Waals surface area contributed by atoms with Crippen LogP contribution in [0.3, 0.4) is 0 Å². The fourth-order valence-electron chi connectivity index (χ4n) is 3.09. The van der Waals surface area contributed by atoms with E-state index in [0.717, 1.165) is 0 Å². The molecule has 3 aromatic rings. The van der Waals surface area contributed by atoms with Gasteiger partial charge in [0.1, 0.15) is 5.75 Å². The lowest BCUT2D eigenvalue weighted by atomic mass is 10.1. The Hall–Kier alpha value is -3.32. The van der Waals surface area contributed by atoms with Gasteiger partial charge in [0.15, 0.2) is 5.75 Å². The normalized spacial score (nSPS) is 13.2. The highest BCUT2D eigenvalue weighted by atomic mass is 32.2. The fraction of sp³-hybridized carbons (Fsp3) is 0.0952. The topological polar surface area (TPSA) is 75.7 Å². The maximum absolute atomic E-state index is 12.9. The van der Waals surface area contributed by atoms with E-state index in [1.165, 1.54) is 11.0 Å². The van der Waals surface area contributed by atoms with Crippen LogP contribution in [0.25, 0.3) is 0 Å². The minimum atomic E-state index is -3.62. The Balaban J connectivity index is 1.64. The third-order valence-corrected chi connectivity index (χ3v) is 5.69. The zero-order chi connectivity index (χ0) is 19.7. The van der Waals surface area contributed by atoms with Crippen molar-refractivity contribution in [2.24, 2.45) is 0 Å². The van der Waals surface area contributed by atoms with E-state index < -0.39 is 10.0 Å². The number of para-hydroxylation sites is 2. The highest BCUT2D eigenvalue weighted by Crippen LogP contribution is 2.38. The van der Waals surface area contributed by atoms with Crippen LogP contribution in [0.2, 0.25) is 0 Å². The fourth-order valence-corrected chi connectivity index (χ4v) is 4.28. The number of rotatable bonds is 4. The summed E-state index contributed by atoms with van der Waals surface area (Å²) in [7, 11) is -1.97. The van der Waals surface area contributed by atoms with Crippen LogP contribution in [0.5, 0.6) is 11.5 Å². The summed E-state index contributed by atoms with van der Waals surface area (Å²) in [6.07, 6.45) is 0. The van der Waals surface area contributed by atoms with Crippen LogP contribution >= 0.6 is 0 Å². The zero-order valence-electron chi connectivity index (χ0n) is 15.1. The van der Waals surface area contributed by atoms with Crippen LogP contribution in [0.4, 0.5) is 11.4 Å². The molecule has 7 heteroatoms. The average molecular weight is 394 g/mol. The van der Waals surface area contributed by atoms with Gasteiger partial charge >= 0.3 is 0 Å². The van der Waals surface area contributed by atoms with Crippen LogP contribution < -0.4 is 14.4 Å². The number of nitrogens with zero attached hydrogens (tertiary/aromatic N) is 1. The number of ether oxygens (including phenoxy) is 1. The molecule has 28 heavy (non-hydrogen) atoms. The molecule has 0 spiro atoms. The van der Waals surface area contributed by atoms with Crippen molar-refractivity contribution in [2.75, 3.05) is 16.7 Å². The van der Waals surface area contributed by atoms with Gasteiger partial charge in [-0.15, -0.1) is 0 Å². The predicted molar refractivity (Wildman–Crippen MR) is 108 cm³/mol. The number of anilines is 2. The van der Waals surface area contributed by atoms with Gasteiger partial charge in [-0.3, -0.25) is 9.52 Å². The molecule has 0 bridgehead atoms. The van der Waals surface area contributed by atoms with E-state index in [2.05, 4.69) is 4.72 Å². The molecule has 0 atom stereocenters. The van der Waals surface area contributed by atoms with Crippen molar-refractivity contribution in [1.29, 1.82) is 0 Å². The summed E-state index contributed by atoms with van der Waals surface area (Å²) in [6, 6.07) is 20.8. The van der Waals surface area contributed by atoms with Crippen LogP contribution in [0, 0.1) is 0 Å². The van der Waals surface area contributed by atoms with Crippen molar-refractivity contribution in [2.45, 2.75) is 5.75 Å². The third-order valence-electron chi connectivity index (χ3n) is 4.43. The van der Waals surface area contributed by atoms with E-state index in [0.29, 0.717) is 34.0 Å². The summed E-state index contributed by atoms with van der Waals surface area (Å²) in [5.74, 6) is 0.520. The first kappa shape index (κ1) is 18.1. The Bertz CT molecular complexity index is 1140. The van der Waals surface area contributed by atoms with E-state index in [4.69, 9.17) is 4.74 Å². The highest BCUT2D eigenvalue weighted by Gasteiger charge is 2.26. The Morgan fingerprint density at radius 1 is 0.929 bits per heavy atom. The van der Waals surface area contributed by atoms with Crippen molar-refractivity contribution in [3.05, 3.63) is 83.9 Å². The molecule has 0 aliphatic carbocycles. The van der Waals surface area contributed by atoms with Gasteiger partial charge in [-0.1, -0.05) is 42.5 Å². The number of sulfonamides is 1. The summed E-state index contributed by atoms with van der Waals surface area (Å²) in [5, 5.41) is 0. The van der Waals surface area contributed by atoms with Gasteiger partial charge in [0.05, 0.1) is 17.0 Å². The number of hydrogen-bond donors (Lipinski definition) is 1. The molecule has 0 saturated carbocycles. The molecule has 0 saturated heterocycles. The number of amides is 1. The van der Waals surface area contributed by atoms with Crippen molar-refractivity contribution in [1.82, 2.24) is 0 Å². The summed E-state index contributed by atoms with van der Waals surface area (Å²) in [4.78, 5) is 14.4. The lowest BCUT2D eigenvalue weighted by Gasteiger charge is -2.16. The summed E-state index contributed by atoms with van der Waals surface area (Å²) >= 11 is 0. The summed E-state index contributed by atoms with van der Waals surface area (Å²) in [5.41, 5.74) is 1.93. The van der Waals surface area contributed by atoms with E-state index >= 15 is 0 Å². The number of benzene rings is 3. The number of carbonyl (C=O) groups is 1. The lowest BCUT2D eigenvalue weighted by Crippen LogP contribution is -2.25. The Morgan fingerprint density at radius 2 is 1.64 bits per heavy atom. The molecule has 3 aromatic carbocycles. The van der Waals surface area contributed by atoms with E-state index in [-0.39, 0.29) is 11.7 Å². The number of carbonyl (C=O) groups excluding carboxylic acids is 1. The average Bonchev–Trinajstić information content (AvgIpc) is 2.78. The zero-order valence-corrected chi connectivity index (χ0v) is 15.9. The van der Waals surface area contributed by atoms with E-state index in [9.17, 15) is 13.2 Å². The van der Waals surface area contributed by atoms with Crippen molar-refractivity contribution < 1.29 is 17.9 Å². The number of hydrogen-bond acceptors (Lipinski definition) is 4. The second-order valence-electron chi connectivity index (χ2n) is 6.49. The minimum Gasteiger partial charge on any atom is -0.454 e. The monoisotopic (exact) mass is 394 g/mol. The molecule has 1 amide bonds. The molecule has 0 aromatic heterocycles. The third kappa shape index (κ3) is 3.57. The van der Waals surface area contributed by atoms with E-state index in [1.807, 2.05) is 18.2 Å². The Morgan fingerprint density at radius 3 is 2.43 bits per heavy atom. The summed E-state index contributed by atoms with van der Waals surface area (Å²) in [6.45, 7) is 0. The smallest absolute Gasteiger partial charge is 0.261 e. The molecule has 0 radical (unpaired) electrons. The van der Waals surface area contributed by atoms with Crippen molar-refractivity contribution in [3.63, 3.8) is 0 Å². The van der Waals surface area contributed by atoms with Gasteiger partial charge < -0.3 is 9.64 Å². The van der Waals surface area contributed by atoms with Gasteiger partial charge in [0, 0.05) is 12.7 Å². The largest absolute Gasteiger partial charge is 0.454 e. The standard InChI is InChI=1S/C21H18N2O4S/c1-23-18-9-5-6-10-20(18)27-19-12-11-16(13-17(19)21(23)24)22-28(25,26)14-15-7-3-2-4-8-15/h2-13,22H,14H2,1H3. The summed E-state index contributed by atoms with van der Waals surface area (Å²) < 4.78 is 33.4. The number of fused-ring (bicyclic) bond motifs is 2. The maximum Gasteiger partial charge on any atom is 0.261 e. The van der Waals surface area contributed by atoms with E-state index in [1.54, 1.807) is 55.6 Å². The lowest BCUT2D eigenvalue weighted by molar-refractivity contribution is 0.0993. The molecule has 0 unspecified atom stereocenters. The maximum atomic E-state index is 12.9. The first-order chi connectivity index (χ1) is 13.4. The van der Waals surface area contributed by atoms with Crippen LogP contribution in [-0.2, 0) is 15.8 Å². The van der Waals surface area contributed by atoms with Crippen molar-refractivity contribution >= 4 is 27.3 Å². The molecule has 0 fully saturated rings. The Kier molecular flexibility index (Phi) is 4.52. The van der Waals surface area contributed by atoms with Gasteiger partial charge in [0.25, 0.3) is 5.91 Å². The first-order valence-corrected chi connectivity index (χ1v) is 10.3. The van der Waals surface area contributed by atoms with Gasteiger partial charge in [-0.2, -0.15) is 0 Å². The van der Waals surface area contributed by atoms with Crippen LogP contribution in [0.15, 0.2) is 72.8 Å². The van der Waals surface area contributed by atoms with Crippen molar-refractivity contribution in [3.8, 4) is 11.5 Å². The second kappa shape index (κ2) is 7.01. The van der Waals surface area contributed by atoms with Gasteiger partial charge in [-0.25, -0.2) is 8.42 Å². The quantitative estimate of drug-likeness (QED) is 0.725. The molecule has 1 aliphatic rings. The molecule has 4 rings (SSSR count). The van der Waals surface area contributed by atoms with Crippen LogP contribution in [0.1, 0.15) is 15.9 Å². The molecular weight excluding hydrogens is 376 g/mol. The molecule has 1 N–H and O–H groups in total. The Labute approximate surface area is 163 Å². The molecule has 1 aliphatic heterocycles. The highest BCUT2D eigenvalue weighted by molar-refractivity contribution is 7.91. The van der Waals surface area contributed by atoms with Crippen LogP contribution in [-0.4, -0.2) is 21.4 Å². The van der Waals surface area contributed by atoms with Gasteiger partial charge in [0.2, 0.25) is 10.0 Å². The predicted octanol–water partition coefficient (Wildman–Crippen LogP) is 4.01. The second-order valence-corrected chi connectivity index (χ2v) is 8.21. The SMILES string of the molecule is CN1C(=O)c2cc(NS(=O)(=O)Cc3ccccc3)ccc2Oc2ccccc21. The molecule has 1 heterocycles. The molecule has 142 valence electrons. The van der Waals surface area contributed by atoms with Gasteiger partial charge in [-0.05, 0) is 35.9 Å². The first-order valence-electron chi connectivity index (χ1n) is 8.66. The number of nitrogens with one attached hydrogen (secondary N) is 1. The molecule has 6 nitrogen and oxygen atoms in total. The minimum absolute atomic E-state index is 0.152. The molecular formula is C21H18N2O4S.